The zero-order valence-electron chi connectivity index (χ0n) is 13.9. The van der Waals surface area contributed by atoms with Gasteiger partial charge >= 0.3 is 6.18 Å². The summed E-state index contributed by atoms with van der Waals surface area (Å²) < 4.78 is 50.6. The number of nitrogens with zero attached hydrogens (tertiary/aromatic N) is 1. The maximum absolute atomic E-state index is 14.0. The van der Waals surface area contributed by atoms with E-state index in [2.05, 4.69) is 10.3 Å². The molecule has 0 unspecified atom stereocenters. The molecule has 0 spiro atoms. The van der Waals surface area contributed by atoms with Gasteiger partial charge in [-0.15, -0.1) is 0 Å². The van der Waals surface area contributed by atoms with E-state index in [1.165, 1.54) is 19.2 Å². The van der Waals surface area contributed by atoms with Crippen LogP contribution in [0.3, 0.4) is 0 Å². The third-order valence-electron chi connectivity index (χ3n) is 3.48. The molecule has 2 aromatic rings. The van der Waals surface area contributed by atoms with Gasteiger partial charge in [-0.25, -0.2) is 4.39 Å². The molecule has 0 aliphatic rings. The summed E-state index contributed by atoms with van der Waals surface area (Å²) in [6, 6.07) is 5.06. The van der Waals surface area contributed by atoms with Gasteiger partial charge in [-0.2, -0.15) is 13.2 Å². The first-order valence-corrected chi connectivity index (χ1v) is 7.46. The highest BCUT2D eigenvalue weighted by Gasteiger charge is 2.28. The van der Waals surface area contributed by atoms with Crippen LogP contribution in [0.2, 0.25) is 0 Å². The SMILES string of the molecule is Cc1ccc(C(=O)Nc2cc(C(=O)NCC(F)(F)F)cc(F)c2C)cn1. The highest BCUT2D eigenvalue weighted by atomic mass is 19.4. The minimum atomic E-state index is -4.59. The summed E-state index contributed by atoms with van der Waals surface area (Å²) in [5, 5.41) is 4.08. The van der Waals surface area contributed by atoms with Gasteiger partial charge in [-0.3, -0.25) is 14.6 Å². The molecule has 5 nitrogen and oxygen atoms in total. The van der Waals surface area contributed by atoms with E-state index in [-0.39, 0.29) is 22.4 Å². The Morgan fingerprint density at radius 2 is 1.77 bits per heavy atom. The fraction of sp³-hybridized carbons (Fsp3) is 0.235. The van der Waals surface area contributed by atoms with E-state index in [9.17, 15) is 27.2 Å². The van der Waals surface area contributed by atoms with Gasteiger partial charge in [0.25, 0.3) is 11.8 Å². The molecule has 0 atom stereocenters. The lowest BCUT2D eigenvalue weighted by Crippen LogP contribution is -2.33. The van der Waals surface area contributed by atoms with Gasteiger partial charge in [0.1, 0.15) is 12.4 Å². The number of anilines is 1. The number of alkyl halides is 3. The monoisotopic (exact) mass is 369 g/mol. The van der Waals surface area contributed by atoms with E-state index in [4.69, 9.17) is 0 Å². The molecule has 1 heterocycles. The molecule has 26 heavy (non-hydrogen) atoms. The third-order valence-corrected chi connectivity index (χ3v) is 3.48. The second kappa shape index (κ2) is 7.51. The topological polar surface area (TPSA) is 71.1 Å². The van der Waals surface area contributed by atoms with E-state index in [1.807, 2.05) is 0 Å². The first-order valence-electron chi connectivity index (χ1n) is 7.46. The number of amides is 2. The lowest BCUT2D eigenvalue weighted by atomic mass is 10.1. The minimum Gasteiger partial charge on any atom is -0.343 e. The molecule has 2 rings (SSSR count). The second-order valence-corrected chi connectivity index (χ2v) is 5.57. The Morgan fingerprint density at radius 1 is 1.08 bits per heavy atom. The van der Waals surface area contributed by atoms with Crippen LogP contribution in [-0.2, 0) is 0 Å². The summed E-state index contributed by atoms with van der Waals surface area (Å²) in [5.41, 5.74) is 0.600. The first kappa shape index (κ1) is 19.4. The molecular weight excluding hydrogens is 354 g/mol. The number of carbonyl (C=O) groups is 2. The number of hydrogen-bond acceptors (Lipinski definition) is 3. The number of pyridine rings is 1. The average Bonchev–Trinajstić information content (AvgIpc) is 2.56. The van der Waals surface area contributed by atoms with Crippen molar-refractivity contribution in [3.63, 3.8) is 0 Å². The van der Waals surface area contributed by atoms with Gasteiger partial charge < -0.3 is 10.6 Å². The van der Waals surface area contributed by atoms with Crippen molar-refractivity contribution in [2.45, 2.75) is 20.0 Å². The number of aryl methyl sites for hydroxylation is 1. The van der Waals surface area contributed by atoms with Crippen LogP contribution in [0.4, 0.5) is 23.2 Å². The summed E-state index contributed by atoms with van der Waals surface area (Å²) in [6.07, 6.45) is -3.26. The maximum Gasteiger partial charge on any atom is 0.405 e. The lowest BCUT2D eigenvalue weighted by Gasteiger charge is -2.13. The lowest BCUT2D eigenvalue weighted by molar-refractivity contribution is -0.123. The second-order valence-electron chi connectivity index (χ2n) is 5.57. The van der Waals surface area contributed by atoms with Crippen molar-refractivity contribution in [1.82, 2.24) is 10.3 Å². The standard InChI is InChI=1S/C17H15F4N3O2/c1-9-3-4-11(7-22-9)16(26)24-14-6-12(5-13(18)10(14)2)15(25)23-8-17(19,20)21/h3-7H,8H2,1-2H3,(H,23,25)(H,24,26). The molecule has 2 N–H and O–H groups in total. The molecule has 0 radical (unpaired) electrons. The molecule has 0 bridgehead atoms. The van der Waals surface area contributed by atoms with Crippen LogP contribution in [0.1, 0.15) is 32.0 Å². The van der Waals surface area contributed by atoms with Crippen LogP contribution in [0.15, 0.2) is 30.5 Å². The molecule has 1 aromatic carbocycles. The number of aromatic nitrogens is 1. The van der Waals surface area contributed by atoms with Crippen molar-refractivity contribution in [2.24, 2.45) is 0 Å². The molecule has 2 amide bonds. The predicted molar refractivity (Wildman–Crippen MR) is 86.5 cm³/mol. The van der Waals surface area contributed by atoms with Crippen LogP contribution < -0.4 is 10.6 Å². The van der Waals surface area contributed by atoms with E-state index in [0.29, 0.717) is 5.69 Å². The van der Waals surface area contributed by atoms with Gasteiger partial charge in [-0.05, 0) is 38.1 Å². The van der Waals surface area contributed by atoms with Crippen LogP contribution >= 0.6 is 0 Å². The molecular formula is C17H15F4N3O2. The highest BCUT2D eigenvalue weighted by molar-refractivity contribution is 6.05. The third kappa shape index (κ3) is 5.01. The Labute approximate surface area is 146 Å². The molecule has 0 saturated heterocycles. The van der Waals surface area contributed by atoms with Gasteiger partial charge in [-0.1, -0.05) is 0 Å². The number of halogens is 4. The number of nitrogens with one attached hydrogen (secondary N) is 2. The molecule has 0 aliphatic heterocycles. The molecule has 138 valence electrons. The van der Waals surface area contributed by atoms with Crippen LogP contribution in [0.5, 0.6) is 0 Å². The summed E-state index contributed by atoms with van der Waals surface area (Å²) >= 11 is 0. The van der Waals surface area contributed by atoms with E-state index in [0.717, 1.165) is 12.1 Å². The van der Waals surface area contributed by atoms with Crippen LogP contribution in [0.25, 0.3) is 0 Å². The fourth-order valence-electron chi connectivity index (χ4n) is 2.02. The van der Waals surface area contributed by atoms with Gasteiger partial charge in [0.2, 0.25) is 0 Å². The molecule has 9 heteroatoms. The van der Waals surface area contributed by atoms with Gasteiger partial charge in [0.15, 0.2) is 0 Å². The van der Waals surface area contributed by atoms with Gasteiger partial charge in [0, 0.05) is 28.7 Å². The number of carbonyl (C=O) groups excluding carboxylic acids is 2. The van der Waals surface area contributed by atoms with Crippen molar-refractivity contribution < 1.29 is 27.2 Å². The van der Waals surface area contributed by atoms with E-state index < -0.39 is 30.4 Å². The number of hydrogen-bond donors (Lipinski definition) is 2. The molecule has 0 saturated carbocycles. The quantitative estimate of drug-likeness (QED) is 0.812. The Kier molecular flexibility index (Phi) is 5.59. The number of benzene rings is 1. The summed E-state index contributed by atoms with van der Waals surface area (Å²) in [5.74, 6) is -2.52. The van der Waals surface area contributed by atoms with E-state index >= 15 is 0 Å². The van der Waals surface area contributed by atoms with Crippen LogP contribution in [0, 0.1) is 19.7 Å². The van der Waals surface area contributed by atoms with Gasteiger partial charge in [0.05, 0.1) is 5.56 Å². The summed E-state index contributed by atoms with van der Waals surface area (Å²) in [7, 11) is 0. The van der Waals surface area contributed by atoms with Crippen molar-refractivity contribution in [2.75, 3.05) is 11.9 Å². The summed E-state index contributed by atoms with van der Waals surface area (Å²) in [4.78, 5) is 28.0. The Balaban J connectivity index is 2.23. The maximum atomic E-state index is 14.0. The zero-order valence-corrected chi connectivity index (χ0v) is 13.9. The van der Waals surface area contributed by atoms with Crippen molar-refractivity contribution >= 4 is 17.5 Å². The first-order chi connectivity index (χ1) is 12.1. The Bertz CT molecular complexity index is 833. The minimum absolute atomic E-state index is 0.0206. The largest absolute Gasteiger partial charge is 0.405 e. The smallest absolute Gasteiger partial charge is 0.343 e. The summed E-state index contributed by atoms with van der Waals surface area (Å²) in [6.45, 7) is 1.57. The number of rotatable bonds is 4. The normalized spacial score (nSPS) is 11.2. The van der Waals surface area contributed by atoms with Crippen molar-refractivity contribution in [3.05, 3.63) is 58.7 Å². The van der Waals surface area contributed by atoms with Crippen molar-refractivity contribution in [1.29, 1.82) is 0 Å². The average molecular weight is 369 g/mol. The molecule has 1 aromatic heterocycles. The van der Waals surface area contributed by atoms with E-state index in [1.54, 1.807) is 18.3 Å². The predicted octanol–water partition coefficient (Wildman–Crippen LogP) is 3.38. The molecule has 0 aliphatic carbocycles. The van der Waals surface area contributed by atoms with Crippen LogP contribution in [-0.4, -0.2) is 29.5 Å². The Hall–Kier alpha value is -2.97. The Morgan fingerprint density at radius 3 is 2.35 bits per heavy atom. The zero-order chi connectivity index (χ0) is 19.5. The fourth-order valence-corrected chi connectivity index (χ4v) is 2.02. The molecule has 0 fully saturated rings. The highest BCUT2D eigenvalue weighted by Crippen LogP contribution is 2.22. The van der Waals surface area contributed by atoms with Crippen molar-refractivity contribution in [3.8, 4) is 0 Å².